The molecule has 2 aromatic carbocycles. The zero-order valence-electron chi connectivity index (χ0n) is 13.7. The Morgan fingerprint density at radius 3 is 2.68 bits per heavy atom. The van der Waals surface area contributed by atoms with Crippen molar-refractivity contribution in [2.24, 2.45) is 0 Å². The number of nitrogens with one attached hydrogen (secondary N) is 1. The molecule has 0 unspecified atom stereocenters. The fourth-order valence-corrected chi connectivity index (χ4v) is 3.11. The van der Waals surface area contributed by atoms with E-state index in [1.807, 2.05) is 37.3 Å². The first-order valence-electron chi connectivity index (χ1n) is 7.75. The standard InChI is InChI=1S/C18H18FN5S/c1-12-5-2-3-8-15(12)21-18-23-16(22-17(20)24-18)11-25-10-13-6-4-7-14(19)9-13/h2-9H,10-11H2,1H3,(H3,20,21,22,23,24). The van der Waals surface area contributed by atoms with Crippen LogP contribution in [-0.2, 0) is 11.5 Å². The van der Waals surface area contributed by atoms with Crippen LogP contribution in [0, 0.1) is 12.7 Å². The predicted octanol–water partition coefficient (Wildman–Crippen LogP) is 4.08. The number of benzene rings is 2. The van der Waals surface area contributed by atoms with Crippen molar-refractivity contribution < 1.29 is 4.39 Å². The summed E-state index contributed by atoms with van der Waals surface area (Å²) in [4.78, 5) is 12.7. The topological polar surface area (TPSA) is 76.7 Å². The van der Waals surface area contributed by atoms with E-state index in [0.29, 0.717) is 23.3 Å². The van der Waals surface area contributed by atoms with Gasteiger partial charge in [-0.05, 0) is 36.2 Å². The highest BCUT2D eigenvalue weighted by Gasteiger charge is 2.07. The van der Waals surface area contributed by atoms with E-state index in [-0.39, 0.29) is 11.8 Å². The molecule has 0 bridgehead atoms. The molecule has 0 spiro atoms. The fourth-order valence-electron chi connectivity index (χ4n) is 2.28. The Morgan fingerprint density at radius 2 is 1.88 bits per heavy atom. The lowest BCUT2D eigenvalue weighted by molar-refractivity contribution is 0.626. The van der Waals surface area contributed by atoms with E-state index in [4.69, 9.17) is 5.73 Å². The SMILES string of the molecule is Cc1ccccc1Nc1nc(N)nc(CSCc2cccc(F)c2)n1. The lowest BCUT2D eigenvalue weighted by Crippen LogP contribution is -2.07. The zero-order chi connectivity index (χ0) is 17.6. The molecule has 0 radical (unpaired) electrons. The summed E-state index contributed by atoms with van der Waals surface area (Å²) < 4.78 is 13.2. The highest BCUT2D eigenvalue weighted by atomic mass is 32.2. The maximum absolute atomic E-state index is 13.2. The molecule has 128 valence electrons. The van der Waals surface area contributed by atoms with Crippen molar-refractivity contribution >= 4 is 29.3 Å². The van der Waals surface area contributed by atoms with Crippen LogP contribution < -0.4 is 11.1 Å². The van der Waals surface area contributed by atoms with Gasteiger partial charge in [-0.15, -0.1) is 11.8 Å². The quantitative estimate of drug-likeness (QED) is 0.694. The molecule has 0 atom stereocenters. The lowest BCUT2D eigenvalue weighted by atomic mass is 10.2. The third-order valence-electron chi connectivity index (χ3n) is 3.48. The summed E-state index contributed by atoms with van der Waals surface area (Å²) >= 11 is 1.59. The molecule has 0 aliphatic heterocycles. The predicted molar refractivity (Wildman–Crippen MR) is 100 cm³/mol. The first-order valence-corrected chi connectivity index (χ1v) is 8.91. The van der Waals surface area contributed by atoms with E-state index in [2.05, 4.69) is 20.3 Å². The maximum Gasteiger partial charge on any atom is 0.232 e. The minimum Gasteiger partial charge on any atom is -0.368 e. The van der Waals surface area contributed by atoms with Crippen molar-refractivity contribution in [2.45, 2.75) is 18.4 Å². The van der Waals surface area contributed by atoms with E-state index in [1.165, 1.54) is 12.1 Å². The summed E-state index contributed by atoms with van der Waals surface area (Å²) in [6, 6.07) is 14.4. The summed E-state index contributed by atoms with van der Waals surface area (Å²) in [6.45, 7) is 2.00. The number of aromatic nitrogens is 3. The molecular weight excluding hydrogens is 337 g/mol. The number of nitrogen functional groups attached to an aromatic ring is 1. The van der Waals surface area contributed by atoms with Crippen LogP contribution in [0.4, 0.5) is 22.0 Å². The molecule has 0 amide bonds. The van der Waals surface area contributed by atoms with Gasteiger partial charge in [-0.3, -0.25) is 0 Å². The Hall–Kier alpha value is -2.67. The highest BCUT2D eigenvalue weighted by Crippen LogP contribution is 2.20. The monoisotopic (exact) mass is 355 g/mol. The summed E-state index contributed by atoms with van der Waals surface area (Å²) in [5.41, 5.74) is 8.72. The Kier molecular flexibility index (Phi) is 5.45. The minimum absolute atomic E-state index is 0.174. The van der Waals surface area contributed by atoms with Gasteiger partial charge >= 0.3 is 0 Å². The van der Waals surface area contributed by atoms with Crippen LogP contribution in [0.5, 0.6) is 0 Å². The smallest absolute Gasteiger partial charge is 0.232 e. The van der Waals surface area contributed by atoms with Gasteiger partial charge in [-0.25, -0.2) is 4.39 Å². The number of anilines is 3. The Morgan fingerprint density at radius 1 is 1.04 bits per heavy atom. The summed E-state index contributed by atoms with van der Waals surface area (Å²) in [5, 5.41) is 3.17. The van der Waals surface area contributed by atoms with Crippen molar-refractivity contribution in [1.29, 1.82) is 0 Å². The van der Waals surface area contributed by atoms with Gasteiger partial charge < -0.3 is 11.1 Å². The van der Waals surface area contributed by atoms with Gasteiger partial charge in [-0.2, -0.15) is 15.0 Å². The van der Waals surface area contributed by atoms with Crippen LogP contribution in [0.2, 0.25) is 0 Å². The van der Waals surface area contributed by atoms with E-state index in [0.717, 1.165) is 16.8 Å². The zero-order valence-corrected chi connectivity index (χ0v) is 14.6. The number of halogens is 1. The molecule has 0 fully saturated rings. The molecule has 7 heteroatoms. The van der Waals surface area contributed by atoms with Gasteiger partial charge in [0, 0.05) is 11.4 Å². The average Bonchev–Trinajstić information content (AvgIpc) is 2.57. The van der Waals surface area contributed by atoms with Gasteiger partial charge in [0.25, 0.3) is 0 Å². The Balaban J connectivity index is 1.66. The second kappa shape index (κ2) is 7.94. The molecule has 3 aromatic rings. The molecule has 1 heterocycles. The first-order chi connectivity index (χ1) is 12.1. The van der Waals surface area contributed by atoms with Crippen LogP contribution in [0.25, 0.3) is 0 Å². The average molecular weight is 355 g/mol. The molecule has 5 nitrogen and oxygen atoms in total. The van der Waals surface area contributed by atoms with Crippen LogP contribution in [0.3, 0.4) is 0 Å². The number of hydrogen-bond donors (Lipinski definition) is 2. The van der Waals surface area contributed by atoms with Crippen LogP contribution >= 0.6 is 11.8 Å². The number of nitrogens with two attached hydrogens (primary N) is 1. The molecule has 3 N–H and O–H groups in total. The van der Waals surface area contributed by atoms with Crippen molar-refractivity contribution in [3.05, 3.63) is 71.3 Å². The van der Waals surface area contributed by atoms with E-state index >= 15 is 0 Å². The molecule has 0 saturated carbocycles. The van der Waals surface area contributed by atoms with Gasteiger partial charge in [-0.1, -0.05) is 30.3 Å². The van der Waals surface area contributed by atoms with Gasteiger partial charge in [0.05, 0.1) is 5.75 Å². The van der Waals surface area contributed by atoms with Gasteiger partial charge in [0.15, 0.2) is 0 Å². The van der Waals surface area contributed by atoms with Crippen molar-refractivity contribution in [1.82, 2.24) is 15.0 Å². The summed E-state index contributed by atoms with van der Waals surface area (Å²) in [7, 11) is 0. The Labute approximate surface area is 149 Å². The van der Waals surface area contributed by atoms with Crippen LogP contribution in [0.15, 0.2) is 48.5 Å². The second-order valence-electron chi connectivity index (χ2n) is 5.50. The highest BCUT2D eigenvalue weighted by molar-refractivity contribution is 7.97. The normalized spacial score (nSPS) is 10.6. The number of para-hydroxylation sites is 1. The van der Waals surface area contributed by atoms with Crippen molar-refractivity contribution in [3.8, 4) is 0 Å². The molecule has 3 rings (SSSR count). The largest absolute Gasteiger partial charge is 0.368 e. The lowest BCUT2D eigenvalue weighted by Gasteiger charge is -2.09. The number of rotatable bonds is 6. The molecular formula is C18H18FN5S. The second-order valence-corrected chi connectivity index (χ2v) is 6.48. The molecule has 25 heavy (non-hydrogen) atoms. The van der Waals surface area contributed by atoms with E-state index in [9.17, 15) is 4.39 Å². The van der Waals surface area contributed by atoms with Gasteiger partial charge in [0.2, 0.25) is 11.9 Å². The van der Waals surface area contributed by atoms with Crippen molar-refractivity contribution in [3.63, 3.8) is 0 Å². The van der Waals surface area contributed by atoms with E-state index in [1.54, 1.807) is 17.8 Å². The fraction of sp³-hybridized carbons (Fsp3) is 0.167. The number of hydrogen-bond acceptors (Lipinski definition) is 6. The number of thioether (sulfide) groups is 1. The minimum atomic E-state index is -0.229. The van der Waals surface area contributed by atoms with Crippen molar-refractivity contribution in [2.75, 3.05) is 11.1 Å². The van der Waals surface area contributed by atoms with Crippen LogP contribution in [-0.4, -0.2) is 15.0 Å². The number of nitrogens with zero attached hydrogens (tertiary/aromatic N) is 3. The third kappa shape index (κ3) is 4.90. The summed E-state index contributed by atoms with van der Waals surface area (Å²) in [5.74, 6) is 2.18. The molecule has 0 aliphatic rings. The maximum atomic E-state index is 13.2. The summed E-state index contributed by atoms with van der Waals surface area (Å²) in [6.07, 6.45) is 0. The Bertz CT molecular complexity index is 872. The molecule has 0 aliphatic carbocycles. The molecule has 1 aromatic heterocycles. The number of aryl methyl sites for hydroxylation is 1. The molecule has 0 saturated heterocycles. The first kappa shape index (κ1) is 17.2. The third-order valence-corrected chi connectivity index (χ3v) is 4.48. The van der Waals surface area contributed by atoms with Crippen LogP contribution in [0.1, 0.15) is 17.0 Å². The van der Waals surface area contributed by atoms with E-state index < -0.39 is 0 Å². The van der Waals surface area contributed by atoms with Gasteiger partial charge in [0.1, 0.15) is 11.6 Å².